The number of ether oxygens (including phenoxy) is 1. The summed E-state index contributed by atoms with van der Waals surface area (Å²) in [5, 5.41) is 7.14. The molecule has 1 N–H and O–H groups in total. The van der Waals surface area contributed by atoms with Crippen molar-refractivity contribution in [3.63, 3.8) is 0 Å². The van der Waals surface area contributed by atoms with Crippen molar-refractivity contribution < 1.29 is 9.26 Å². The van der Waals surface area contributed by atoms with Gasteiger partial charge in [-0.2, -0.15) is 0 Å². The second-order valence-electron chi connectivity index (χ2n) is 5.33. The van der Waals surface area contributed by atoms with Crippen molar-refractivity contribution in [2.45, 2.75) is 32.4 Å². The van der Waals surface area contributed by atoms with Gasteiger partial charge in [0.15, 0.2) is 0 Å². The summed E-state index contributed by atoms with van der Waals surface area (Å²) >= 11 is 0. The lowest BCUT2D eigenvalue weighted by molar-refractivity contribution is -0.0123. The van der Waals surface area contributed by atoms with Crippen LogP contribution in [-0.2, 0) is 4.74 Å². The summed E-state index contributed by atoms with van der Waals surface area (Å²) < 4.78 is 11.1. The molecule has 1 saturated heterocycles. The first-order valence-corrected chi connectivity index (χ1v) is 6.08. The number of aromatic nitrogens is 1. The van der Waals surface area contributed by atoms with Gasteiger partial charge in [-0.25, -0.2) is 0 Å². The molecule has 96 valence electrons. The summed E-state index contributed by atoms with van der Waals surface area (Å²) in [5.74, 6) is 0.828. The molecule has 1 aliphatic heterocycles. The van der Waals surface area contributed by atoms with Crippen LogP contribution in [0.1, 0.15) is 20.8 Å². The van der Waals surface area contributed by atoms with Gasteiger partial charge in [0.25, 0.3) is 0 Å². The van der Waals surface area contributed by atoms with E-state index in [0.29, 0.717) is 12.6 Å². The normalized spacial score (nSPS) is 21.8. The van der Waals surface area contributed by atoms with Crippen LogP contribution in [0.5, 0.6) is 0 Å². The number of hydrogen-bond acceptors (Lipinski definition) is 5. The van der Waals surface area contributed by atoms with Crippen LogP contribution in [0.3, 0.4) is 0 Å². The molecule has 0 radical (unpaired) electrons. The summed E-state index contributed by atoms with van der Waals surface area (Å²) in [4.78, 5) is 2.22. The topological polar surface area (TPSA) is 50.5 Å². The predicted octanol–water partition coefficient (Wildman–Crippen LogP) is 1.27. The number of hydrogen-bond donors (Lipinski definition) is 1. The molecule has 0 amide bonds. The Morgan fingerprint density at radius 3 is 3.06 bits per heavy atom. The van der Waals surface area contributed by atoms with Gasteiger partial charge in [-0.3, -0.25) is 0 Å². The van der Waals surface area contributed by atoms with Crippen molar-refractivity contribution >= 4 is 5.88 Å². The highest BCUT2D eigenvalue weighted by Gasteiger charge is 2.26. The van der Waals surface area contributed by atoms with Gasteiger partial charge in [-0.05, 0) is 20.8 Å². The molecule has 2 heterocycles. The van der Waals surface area contributed by atoms with E-state index >= 15 is 0 Å². The Morgan fingerprint density at radius 1 is 1.59 bits per heavy atom. The maximum atomic E-state index is 5.85. The molecular formula is C12H21N3O2. The van der Waals surface area contributed by atoms with Crippen LogP contribution in [0.15, 0.2) is 16.8 Å². The van der Waals surface area contributed by atoms with E-state index in [1.807, 2.05) is 6.07 Å². The molecule has 0 aliphatic carbocycles. The Balaban J connectivity index is 1.98. The van der Waals surface area contributed by atoms with Crippen molar-refractivity contribution in [3.8, 4) is 0 Å². The largest absolute Gasteiger partial charge is 0.374 e. The zero-order valence-corrected chi connectivity index (χ0v) is 10.8. The Hall–Kier alpha value is -1.07. The third-order valence-corrected chi connectivity index (χ3v) is 2.77. The predicted molar refractivity (Wildman–Crippen MR) is 66.2 cm³/mol. The highest BCUT2D eigenvalue weighted by molar-refractivity contribution is 5.35. The first-order valence-electron chi connectivity index (χ1n) is 6.08. The number of nitrogens with one attached hydrogen (secondary N) is 1. The molecule has 1 aliphatic rings. The number of nitrogens with zero attached hydrogens (tertiary/aromatic N) is 2. The zero-order valence-electron chi connectivity index (χ0n) is 10.8. The third kappa shape index (κ3) is 3.44. The van der Waals surface area contributed by atoms with E-state index in [-0.39, 0.29) is 5.60 Å². The van der Waals surface area contributed by atoms with Gasteiger partial charge >= 0.3 is 0 Å². The summed E-state index contributed by atoms with van der Waals surface area (Å²) in [6.45, 7) is 9.71. The molecule has 1 fully saturated rings. The lowest BCUT2D eigenvalue weighted by Crippen LogP contribution is -2.54. The molecule has 0 aromatic carbocycles. The molecule has 0 bridgehead atoms. The minimum atomic E-state index is -0.107. The van der Waals surface area contributed by atoms with E-state index in [9.17, 15) is 0 Å². The summed E-state index contributed by atoms with van der Waals surface area (Å²) in [5.41, 5.74) is -0.107. The van der Waals surface area contributed by atoms with E-state index in [2.05, 4.69) is 36.1 Å². The van der Waals surface area contributed by atoms with Gasteiger partial charge in [0.1, 0.15) is 0 Å². The van der Waals surface area contributed by atoms with Crippen molar-refractivity contribution in [1.82, 2.24) is 10.5 Å². The van der Waals surface area contributed by atoms with E-state index in [1.54, 1.807) is 6.20 Å². The van der Waals surface area contributed by atoms with E-state index < -0.39 is 0 Å². The Kier molecular flexibility index (Phi) is 3.69. The second-order valence-corrected chi connectivity index (χ2v) is 5.33. The molecule has 0 spiro atoms. The van der Waals surface area contributed by atoms with Gasteiger partial charge in [0, 0.05) is 25.7 Å². The van der Waals surface area contributed by atoms with Crippen LogP contribution >= 0.6 is 0 Å². The van der Waals surface area contributed by atoms with Crippen LogP contribution in [0.2, 0.25) is 0 Å². The Morgan fingerprint density at radius 2 is 2.41 bits per heavy atom. The van der Waals surface area contributed by atoms with E-state index in [1.165, 1.54) is 0 Å². The SMILES string of the molecule is CC(C)(C)OCC1CNCCN1c1ccno1. The minimum absolute atomic E-state index is 0.107. The van der Waals surface area contributed by atoms with Crippen molar-refractivity contribution in [2.24, 2.45) is 0 Å². The standard InChI is InChI=1S/C12H21N3O2/c1-12(2,3)16-9-10-8-13-6-7-15(10)11-4-5-14-17-11/h4-5,10,13H,6-9H2,1-3H3. The smallest absolute Gasteiger partial charge is 0.227 e. The lowest BCUT2D eigenvalue weighted by atomic mass is 10.1. The molecule has 2 rings (SSSR count). The van der Waals surface area contributed by atoms with Crippen LogP contribution in [0.25, 0.3) is 0 Å². The Bertz CT molecular complexity index is 332. The molecule has 5 nitrogen and oxygen atoms in total. The highest BCUT2D eigenvalue weighted by atomic mass is 16.5. The summed E-state index contributed by atoms with van der Waals surface area (Å²) in [6.07, 6.45) is 1.68. The molecular weight excluding hydrogens is 218 g/mol. The molecule has 1 unspecified atom stereocenters. The quantitative estimate of drug-likeness (QED) is 0.860. The maximum Gasteiger partial charge on any atom is 0.227 e. The van der Waals surface area contributed by atoms with Crippen LogP contribution in [0.4, 0.5) is 5.88 Å². The lowest BCUT2D eigenvalue weighted by Gasteiger charge is -2.36. The second kappa shape index (κ2) is 5.06. The van der Waals surface area contributed by atoms with Gasteiger partial charge in [0.2, 0.25) is 5.88 Å². The first-order chi connectivity index (χ1) is 8.06. The monoisotopic (exact) mass is 239 g/mol. The van der Waals surface area contributed by atoms with E-state index in [4.69, 9.17) is 9.26 Å². The average molecular weight is 239 g/mol. The fraction of sp³-hybridized carbons (Fsp3) is 0.750. The van der Waals surface area contributed by atoms with Crippen LogP contribution in [-0.4, -0.2) is 43.0 Å². The van der Waals surface area contributed by atoms with Crippen molar-refractivity contribution in [1.29, 1.82) is 0 Å². The highest BCUT2D eigenvalue weighted by Crippen LogP contribution is 2.19. The van der Waals surface area contributed by atoms with Gasteiger partial charge in [-0.15, -0.1) is 0 Å². The van der Waals surface area contributed by atoms with Gasteiger partial charge in [-0.1, -0.05) is 5.16 Å². The fourth-order valence-electron chi connectivity index (χ4n) is 1.90. The van der Waals surface area contributed by atoms with Gasteiger partial charge < -0.3 is 19.5 Å². The van der Waals surface area contributed by atoms with Gasteiger partial charge in [0.05, 0.1) is 24.4 Å². The number of piperazine rings is 1. The summed E-state index contributed by atoms with van der Waals surface area (Å²) in [6, 6.07) is 2.20. The molecule has 17 heavy (non-hydrogen) atoms. The first kappa shape index (κ1) is 12.4. The average Bonchev–Trinajstić information content (AvgIpc) is 2.79. The van der Waals surface area contributed by atoms with E-state index in [0.717, 1.165) is 25.5 Å². The zero-order chi connectivity index (χ0) is 12.3. The molecule has 5 heteroatoms. The van der Waals surface area contributed by atoms with Crippen LogP contribution < -0.4 is 10.2 Å². The number of anilines is 1. The van der Waals surface area contributed by atoms with Crippen molar-refractivity contribution in [3.05, 3.63) is 12.3 Å². The number of rotatable bonds is 3. The molecule has 1 atom stereocenters. The molecule has 1 aromatic rings. The van der Waals surface area contributed by atoms with Crippen LogP contribution in [0, 0.1) is 0 Å². The third-order valence-electron chi connectivity index (χ3n) is 2.77. The minimum Gasteiger partial charge on any atom is -0.374 e. The maximum absolute atomic E-state index is 5.85. The molecule has 1 aromatic heterocycles. The Labute approximate surface area is 102 Å². The van der Waals surface area contributed by atoms with Crippen molar-refractivity contribution in [2.75, 3.05) is 31.1 Å². The fourth-order valence-corrected chi connectivity index (χ4v) is 1.90. The molecule has 0 saturated carbocycles. The summed E-state index contributed by atoms with van der Waals surface area (Å²) in [7, 11) is 0.